The molecule has 2 rings (SSSR count). The summed E-state index contributed by atoms with van der Waals surface area (Å²) in [4.78, 5) is 26.6. The van der Waals surface area contributed by atoms with Crippen molar-refractivity contribution in [2.75, 3.05) is 0 Å². The van der Waals surface area contributed by atoms with Crippen molar-refractivity contribution in [1.82, 2.24) is 10.3 Å². The van der Waals surface area contributed by atoms with Crippen LogP contribution in [0.15, 0.2) is 47.1 Å². The van der Waals surface area contributed by atoms with E-state index in [4.69, 9.17) is 5.11 Å². The molecule has 6 heteroatoms. The van der Waals surface area contributed by atoms with E-state index in [-0.39, 0.29) is 11.5 Å². The largest absolute Gasteiger partial charge is 0.478 e. The molecule has 0 spiro atoms. The predicted molar refractivity (Wildman–Crippen MR) is 76.5 cm³/mol. The molecule has 0 aliphatic heterocycles. The highest BCUT2D eigenvalue weighted by molar-refractivity contribution is 9.10. The van der Waals surface area contributed by atoms with Gasteiger partial charge in [0.1, 0.15) is 5.69 Å². The number of carboxylic acids is 1. The molecule has 0 aliphatic carbocycles. The van der Waals surface area contributed by atoms with Gasteiger partial charge in [-0.25, -0.2) is 9.78 Å². The molecular formula is C14H11BrN2O3. The van der Waals surface area contributed by atoms with Gasteiger partial charge in [0.15, 0.2) is 0 Å². The lowest BCUT2D eigenvalue weighted by Crippen LogP contribution is -2.24. The Bertz CT molecular complexity index is 641. The molecule has 0 fully saturated rings. The number of carbonyl (C=O) groups excluding carboxylic acids is 1. The number of benzene rings is 1. The number of amides is 1. The molecule has 0 unspecified atom stereocenters. The Balaban J connectivity index is 2.00. The average molecular weight is 335 g/mol. The summed E-state index contributed by atoms with van der Waals surface area (Å²) in [6.45, 7) is 0.307. The second-order valence-electron chi connectivity index (χ2n) is 4.02. The average Bonchev–Trinajstić information content (AvgIpc) is 2.45. The van der Waals surface area contributed by atoms with Crippen LogP contribution in [0.4, 0.5) is 0 Å². The molecule has 0 aliphatic rings. The highest BCUT2D eigenvalue weighted by Crippen LogP contribution is 2.13. The third-order valence-electron chi connectivity index (χ3n) is 2.63. The number of carboxylic acid groups (broad SMARTS) is 1. The SMILES string of the molecule is O=C(O)c1ccc(CNC(=O)c2ncccc2Br)cc1. The Morgan fingerprint density at radius 1 is 1.20 bits per heavy atom. The van der Waals surface area contributed by atoms with E-state index in [0.717, 1.165) is 5.56 Å². The summed E-state index contributed by atoms with van der Waals surface area (Å²) >= 11 is 3.26. The molecule has 0 saturated heterocycles. The maximum Gasteiger partial charge on any atom is 0.335 e. The Morgan fingerprint density at radius 3 is 2.50 bits per heavy atom. The van der Waals surface area contributed by atoms with Gasteiger partial charge in [0, 0.05) is 17.2 Å². The number of hydrogen-bond acceptors (Lipinski definition) is 3. The number of pyridine rings is 1. The molecule has 102 valence electrons. The zero-order valence-electron chi connectivity index (χ0n) is 10.3. The van der Waals surface area contributed by atoms with E-state index in [1.807, 2.05) is 0 Å². The zero-order chi connectivity index (χ0) is 14.5. The number of aromatic carboxylic acids is 1. The Kier molecular flexibility index (Phi) is 4.47. The molecule has 2 N–H and O–H groups in total. The van der Waals surface area contributed by atoms with Crippen LogP contribution < -0.4 is 5.32 Å². The van der Waals surface area contributed by atoms with Gasteiger partial charge in [-0.15, -0.1) is 0 Å². The van der Waals surface area contributed by atoms with Gasteiger partial charge in [-0.2, -0.15) is 0 Å². The van der Waals surface area contributed by atoms with E-state index in [9.17, 15) is 9.59 Å². The summed E-state index contributed by atoms with van der Waals surface area (Å²) in [6, 6.07) is 9.80. The van der Waals surface area contributed by atoms with Crippen LogP contribution in [0.5, 0.6) is 0 Å². The zero-order valence-corrected chi connectivity index (χ0v) is 11.9. The minimum Gasteiger partial charge on any atom is -0.478 e. The number of hydrogen-bond donors (Lipinski definition) is 2. The first-order chi connectivity index (χ1) is 9.58. The molecule has 0 bridgehead atoms. The van der Waals surface area contributed by atoms with Crippen LogP contribution in [0.25, 0.3) is 0 Å². The molecule has 0 atom stereocenters. The molecule has 1 heterocycles. The Morgan fingerprint density at radius 2 is 1.90 bits per heavy atom. The second-order valence-corrected chi connectivity index (χ2v) is 4.87. The van der Waals surface area contributed by atoms with Gasteiger partial charge in [0.05, 0.1) is 5.56 Å². The van der Waals surface area contributed by atoms with E-state index < -0.39 is 5.97 Å². The minimum absolute atomic E-state index is 0.215. The van der Waals surface area contributed by atoms with Crippen LogP contribution in [0.1, 0.15) is 26.4 Å². The fourth-order valence-electron chi connectivity index (χ4n) is 1.58. The lowest BCUT2D eigenvalue weighted by Gasteiger charge is -2.06. The fraction of sp³-hybridized carbons (Fsp3) is 0.0714. The van der Waals surface area contributed by atoms with Crippen LogP contribution in [-0.2, 0) is 6.54 Å². The number of halogens is 1. The normalized spacial score (nSPS) is 10.1. The maximum atomic E-state index is 11.9. The molecule has 0 radical (unpaired) electrons. The molecule has 1 aromatic heterocycles. The van der Waals surface area contributed by atoms with E-state index in [1.54, 1.807) is 30.5 Å². The van der Waals surface area contributed by atoms with E-state index in [1.165, 1.54) is 12.1 Å². The van der Waals surface area contributed by atoms with Crippen molar-refractivity contribution in [2.45, 2.75) is 6.54 Å². The first-order valence-corrected chi connectivity index (χ1v) is 6.58. The van der Waals surface area contributed by atoms with Gasteiger partial charge in [0.25, 0.3) is 5.91 Å². The molecule has 2 aromatic rings. The quantitative estimate of drug-likeness (QED) is 0.900. The van der Waals surface area contributed by atoms with Crippen molar-refractivity contribution in [3.8, 4) is 0 Å². The van der Waals surface area contributed by atoms with Crippen LogP contribution >= 0.6 is 15.9 Å². The number of nitrogens with one attached hydrogen (secondary N) is 1. The minimum atomic E-state index is -0.974. The van der Waals surface area contributed by atoms with Gasteiger partial charge < -0.3 is 10.4 Å². The summed E-state index contributed by atoms with van der Waals surface area (Å²) in [5, 5.41) is 11.5. The third-order valence-corrected chi connectivity index (χ3v) is 3.27. The molecule has 1 amide bonds. The number of rotatable bonds is 4. The van der Waals surface area contributed by atoms with Crippen molar-refractivity contribution in [2.24, 2.45) is 0 Å². The molecule has 20 heavy (non-hydrogen) atoms. The lowest BCUT2D eigenvalue weighted by atomic mass is 10.1. The highest BCUT2D eigenvalue weighted by Gasteiger charge is 2.10. The summed E-state index contributed by atoms with van der Waals surface area (Å²) in [5.74, 6) is -1.27. The van der Waals surface area contributed by atoms with Crippen molar-refractivity contribution in [1.29, 1.82) is 0 Å². The number of aromatic nitrogens is 1. The van der Waals surface area contributed by atoms with Crippen molar-refractivity contribution in [3.05, 3.63) is 63.9 Å². The van der Waals surface area contributed by atoms with E-state index >= 15 is 0 Å². The fourth-order valence-corrected chi connectivity index (χ4v) is 2.02. The Hall–Kier alpha value is -2.21. The maximum absolute atomic E-state index is 11.9. The third kappa shape index (κ3) is 3.42. The molecule has 1 aromatic carbocycles. The summed E-state index contributed by atoms with van der Waals surface area (Å²) in [5.41, 5.74) is 1.35. The molecular weight excluding hydrogens is 324 g/mol. The monoisotopic (exact) mass is 334 g/mol. The van der Waals surface area contributed by atoms with Gasteiger partial charge in [-0.05, 0) is 45.8 Å². The van der Waals surface area contributed by atoms with Gasteiger partial charge in [0.2, 0.25) is 0 Å². The number of nitrogens with zero attached hydrogens (tertiary/aromatic N) is 1. The second kappa shape index (κ2) is 6.29. The van der Waals surface area contributed by atoms with Crippen molar-refractivity contribution in [3.63, 3.8) is 0 Å². The van der Waals surface area contributed by atoms with Crippen molar-refractivity contribution >= 4 is 27.8 Å². The van der Waals surface area contributed by atoms with Crippen LogP contribution in [0.2, 0.25) is 0 Å². The number of carbonyl (C=O) groups is 2. The van der Waals surface area contributed by atoms with Crippen LogP contribution in [0, 0.1) is 0 Å². The predicted octanol–water partition coefficient (Wildman–Crippen LogP) is 2.47. The van der Waals surface area contributed by atoms with Crippen LogP contribution in [0.3, 0.4) is 0 Å². The highest BCUT2D eigenvalue weighted by atomic mass is 79.9. The van der Waals surface area contributed by atoms with Gasteiger partial charge in [-0.1, -0.05) is 12.1 Å². The van der Waals surface area contributed by atoms with Crippen LogP contribution in [-0.4, -0.2) is 22.0 Å². The summed E-state index contributed by atoms with van der Waals surface area (Å²) in [7, 11) is 0. The molecule has 5 nitrogen and oxygen atoms in total. The van der Waals surface area contributed by atoms with E-state index in [0.29, 0.717) is 16.7 Å². The summed E-state index contributed by atoms with van der Waals surface area (Å²) < 4.78 is 0.624. The molecule has 0 saturated carbocycles. The summed E-state index contributed by atoms with van der Waals surface area (Å²) in [6.07, 6.45) is 1.54. The van der Waals surface area contributed by atoms with Gasteiger partial charge >= 0.3 is 5.97 Å². The smallest absolute Gasteiger partial charge is 0.335 e. The van der Waals surface area contributed by atoms with Crippen molar-refractivity contribution < 1.29 is 14.7 Å². The lowest BCUT2D eigenvalue weighted by molar-refractivity contribution is 0.0696. The standard InChI is InChI=1S/C14H11BrN2O3/c15-11-2-1-7-16-12(11)13(18)17-8-9-3-5-10(6-4-9)14(19)20/h1-7H,8H2,(H,17,18)(H,19,20). The van der Waals surface area contributed by atoms with Gasteiger partial charge in [-0.3, -0.25) is 4.79 Å². The Labute approximate surface area is 123 Å². The van der Waals surface area contributed by atoms with E-state index in [2.05, 4.69) is 26.2 Å². The first-order valence-electron chi connectivity index (χ1n) is 5.79. The topological polar surface area (TPSA) is 79.3 Å². The first kappa shape index (κ1) is 14.2.